The number of hydrogen-bond acceptors (Lipinski definition) is 6. The number of rotatable bonds is 7. The van der Waals surface area contributed by atoms with Crippen molar-refractivity contribution in [2.24, 2.45) is 0 Å². The minimum Gasteiger partial charge on any atom is -0.340 e. The van der Waals surface area contributed by atoms with Crippen LogP contribution in [0.25, 0.3) is 0 Å². The molecule has 33 heavy (non-hydrogen) atoms. The molecule has 0 unspecified atom stereocenters. The molecule has 0 bridgehead atoms. The zero-order chi connectivity index (χ0) is 23.6. The number of hydrogen-bond donors (Lipinski definition) is 0. The molecule has 4 rings (SSSR count). The fraction of sp³-hybridized carbons (Fsp3) is 0.292. The number of aromatic nitrogens is 2. The maximum atomic E-state index is 14.1. The highest BCUT2D eigenvalue weighted by atomic mass is 32.1. The van der Waals surface area contributed by atoms with Crippen molar-refractivity contribution >= 4 is 29.1 Å². The molecule has 0 spiro atoms. The molecule has 0 radical (unpaired) electrons. The van der Waals surface area contributed by atoms with Gasteiger partial charge in [0.2, 0.25) is 17.7 Å². The number of likely N-dealkylation sites (tertiary alicyclic amines) is 1. The monoisotopic (exact) mass is 466 g/mol. The number of nitrogens with zero attached hydrogens (tertiary/aromatic N) is 4. The molecule has 170 valence electrons. The fourth-order valence-electron chi connectivity index (χ4n) is 4.09. The molecule has 9 heteroatoms. The molecule has 7 nitrogen and oxygen atoms in total. The third-order valence-corrected chi connectivity index (χ3v) is 6.62. The minimum atomic E-state index is -1.47. The van der Waals surface area contributed by atoms with E-state index in [1.807, 2.05) is 12.3 Å². The first-order valence-corrected chi connectivity index (χ1v) is 11.3. The standard InChI is InChI=1S/C24H23FN4O3S/c1-16-27-20(15-33-16)14-28(2)21(30)10-24(18-6-3-7-19(25)9-18)11-22(31)29(23(24)32)13-17-5-4-8-26-12-17/h3-9,12,15H,10-11,13-14H2,1-2H3/t24-/m0/s1. The van der Waals surface area contributed by atoms with E-state index in [2.05, 4.69) is 9.97 Å². The Morgan fingerprint density at radius 1 is 1.27 bits per heavy atom. The van der Waals surface area contributed by atoms with Crippen molar-refractivity contribution in [2.45, 2.75) is 38.3 Å². The first-order chi connectivity index (χ1) is 15.8. The number of halogens is 1. The molecule has 2 aromatic heterocycles. The Morgan fingerprint density at radius 3 is 2.76 bits per heavy atom. The van der Waals surface area contributed by atoms with Gasteiger partial charge < -0.3 is 4.90 Å². The van der Waals surface area contributed by atoms with E-state index in [-0.39, 0.29) is 31.8 Å². The topological polar surface area (TPSA) is 83.5 Å². The summed E-state index contributed by atoms with van der Waals surface area (Å²) in [5.41, 5.74) is 0.294. The summed E-state index contributed by atoms with van der Waals surface area (Å²) >= 11 is 1.49. The number of amides is 3. The summed E-state index contributed by atoms with van der Waals surface area (Å²) in [4.78, 5) is 50.9. The highest BCUT2D eigenvalue weighted by Gasteiger charge is 2.54. The Kier molecular flexibility index (Phi) is 6.33. The van der Waals surface area contributed by atoms with Crippen molar-refractivity contribution in [3.05, 3.63) is 81.8 Å². The summed E-state index contributed by atoms with van der Waals surface area (Å²) in [6.45, 7) is 2.21. The van der Waals surface area contributed by atoms with Crippen LogP contribution in [0.3, 0.4) is 0 Å². The minimum absolute atomic E-state index is 0.0463. The van der Waals surface area contributed by atoms with E-state index in [0.29, 0.717) is 11.1 Å². The van der Waals surface area contributed by atoms with Crippen molar-refractivity contribution in [3.8, 4) is 0 Å². The molecule has 1 aromatic carbocycles. The number of carbonyl (C=O) groups excluding carboxylic acids is 3. The van der Waals surface area contributed by atoms with Crippen LogP contribution < -0.4 is 0 Å². The summed E-state index contributed by atoms with van der Waals surface area (Å²) in [5, 5.41) is 2.77. The summed E-state index contributed by atoms with van der Waals surface area (Å²) < 4.78 is 14.1. The van der Waals surface area contributed by atoms with Crippen LogP contribution in [0.2, 0.25) is 0 Å². The normalized spacial score (nSPS) is 18.1. The Hall–Kier alpha value is -3.46. The summed E-state index contributed by atoms with van der Waals surface area (Å²) in [5.74, 6) is -1.77. The molecule has 0 N–H and O–H groups in total. The molecule has 1 saturated heterocycles. The van der Waals surface area contributed by atoms with E-state index in [4.69, 9.17) is 0 Å². The van der Waals surface area contributed by atoms with E-state index in [1.54, 1.807) is 37.6 Å². The average molecular weight is 467 g/mol. The molecular formula is C24H23FN4O3S. The molecule has 1 fully saturated rings. The number of imide groups is 1. The highest BCUT2D eigenvalue weighted by molar-refractivity contribution is 7.09. The van der Waals surface area contributed by atoms with E-state index in [9.17, 15) is 18.8 Å². The van der Waals surface area contributed by atoms with Gasteiger partial charge in [-0.1, -0.05) is 18.2 Å². The maximum Gasteiger partial charge on any atom is 0.241 e. The Labute approximate surface area is 194 Å². The molecule has 1 atom stereocenters. The number of carbonyl (C=O) groups is 3. The lowest BCUT2D eigenvalue weighted by molar-refractivity contribution is -0.143. The van der Waals surface area contributed by atoms with Crippen LogP contribution in [0.1, 0.15) is 34.7 Å². The van der Waals surface area contributed by atoms with Gasteiger partial charge in [-0.3, -0.25) is 24.3 Å². The van der Waals surface area contributed by atoms with Crippen LogP contribution in [0.15, 0.2) is 54.2 Å². The van der Waals surface area contributed by atoms with Crippen molar-refractivity contribution in [3.63, 3.8) is 0 Å². The molecule has 0 saturated carbocycles. The lowest BCUT2D eigenvalue weighted by atomic mass is 9.75. The zero-order valence-electron chi connectivity index (χ0n) is 18.3. The van der Waals surface area contributed by atoms with Gasteiger partial charge in [-0.2, -0.15) is 0 Å². The molecule has 3 aromatic rings. The van der Waals surface area contributed by atoms with Crippen LogP contribution in [0, 0.1) is 12.7 Å². The Bertz CT molecular complexity index is 1200. The zero-order valence-corrected chi connectivity index (χ0v) is 19.1. The molecule has 1 aliphatic rings. The lowest BCUT2D eigenvalue weighted by Crippen LogP contribution is -2.42. The van der Waals surface area contributed by atoms with Gasteiger partial charge in [0.25, 0.3) is 0 Å². The van der Waals surface area contributed by atoms with Gasteiger partial charge >= 0.3 is 0 Å². The maximum absolute atomic E-state index is 14.1. The SMILES string of the molecule is Cc1nc(CN(C)C(=O)C[C@@]2(c3cccc(F)c3)CC(=O)N(Cc3cccnc3)C2=O)cs1. The number of pyridine rings is 1. The van der Waals surface area contributed by atoms with Gasteiger partial charge in [-0.15, -0.1) is 11.3 Å². The molecule has 1 aliphatic heterocycles. The smallest absolute Gasteiger partial charge is 0.241 e. The van der Waals surface area contributed by atoms with Crippen LogP contribution in [0.4, 0.5) is 4.39 Å². The van der Waals surface area contributed by atoms with Crippen molar-refractivity contribution in [1.82, 2.24) is 19.8 Å². The van der Waals surface area contributed by atoms with Crippen molar-refractivity contribution in [1.29, 1.82) is 0 Å². The third-order valence-electron chi connectivity index (χ3n) is 5.79. The van der Waals surface area contributed by atoms with Crippen LogP contribution in [-0.4, -0.2) is 44.5 Å². The van der Waals surface area contributed by atoms with E-state index in [1.165, 1.54) is 34.4 Å². The van der Waals surface area contributed by atoms with Gasteiger partial charge in [0.15, 0.2) is 0 Å². The number of thiazole rings is 1. The van der Waals surface area contributed by atoms with Gasteiger partial charge in [-0.05, 0) is 36.2 Å². The van der Waals surface area contributed by atoms with E-state index in [0.717, 1.165) is 15.6 Å². The predicted octanol–water partition coefficient (Wildman–Crippen LogP) is 3.23. The van der Waals surface area contributed by atoms with Crippen molar-refractivity contribution < 1.29 is 18.8 Å². The number of benzene rings is 1. The van der Waals surface area contributed by atoms with E-state index >= 15 is 0 Å². The first kappa shape index (κ1) is 22.7. The van der Waals surface area contributed by atoms with Gasteiger partial charge in [0, 0.05) is 37.7 Å². The molecular weight excluding hydrogens is 443 g/mol. The fourth-order valence-corrected chi connectivity index (χ4v) is 4.70. The summed E-state index contributed by atoms with van der Waals surface area (Å²) in [7, 11) is 1.63. The second-order valence-corrected chi connectivity index (χ2v) is 9.26. The highest BCUT2D eigenvalue weighted by Crippen LogP contribution is 2.41. The number of aryl methyl sites for hydroxylation is 1. The second kappa shape index (κ2) is 9.19. The average Bonchev–Trinajstić information content (AvgIpc) is 3.30. The molecule has 3 heterocycles. The van der Waals surface area contributed by atoms with Gasteiger partial charge in [-0.25, -0.2) is 9.37 Å². The van der Waals surface area contributed by atoms with Crippen LogP contribution in [0.5, 0.6) is 0 Å². The van der Waals surface area contributed by atoms with E-state index < -0.39 is 23.0 Å². The van der Waals surface area contributed by atoms with Crippen molar-refractivity contribution in [2.75, 3.05) is 7.05 Å². The molecule has 3 amide bonds. The quantitative estimate of drug-likeness (QED) is 0.499. The Balaban J connectivity index is 1.64. The second-order valence-electron chi connectivity index (χ2n) is 8.20. The predicted molar refractivity (Wildman–Crippen MR) is 120 cm³/mol. The Morgan fingerprint density at radius 2 is 2.09 bits per heavy atom. The first-order valence-electron chi connectivity index (χ1n) is 10.4. The van der Waals surface area contributed by atoms with Gasteiger partial charge in [0.1, 0.15) is 5.82 Å². The lowest BCUT2D eigenvalue weighted by Gasteiger charge is -2.29. The third kappa shape index (κ3) is 4.68. The van der Waals surface area contributed by atoms with Crippen LogP contribution >= 0.6 is 11.3 Å². The molecule has 0 aliphatic carbocycles. The largest absolute Gasteiger partial charge is 0.340 e. The van der Waals surface area contributed by atoms with Crippen LogP contribution in [-0.2, 0) is 32.9 Å². The van der Waals surface area contributed by atoms with Gasteiger partial charge in [0.05, 0.1) is 29.2 Å². The summed E-state index contributed by atoms with van der Waals surface area (Å²) in [6, 6.07) is 9.07. The summed E-state index contributed by atoms with van der Waals surface area (Å²) in [6.07, 6.45) is 2.74.